The highest BCUT2D eigenvalue weighted by atomic mass is 32.1. The molecule has 18 heavy (non-hydrogen) atoms. The number of nitrogens with one attached hydrogen (secondary N) is 1. The predicted molar refractivity (Wildman–Crippen MR) is 70.1 cm³/mol. The van der Waals surface area contributed by atoms with Crippen LogP contribution in [-0.4, -0.2) is 20.4 Å². The summed E-state index contributed by atoms with van der Waals surface area (Å²) in [4.78, 5) is 15.4. The van der Waals surface area contributed by atoms with Gasteiger partial charge in [0.1, 0.15) is 10.6 Å². The molecule has 0 radical (unpaired) electrons. The van der Waals surface area contributed by atoms with Crippen LogP contribution in [0.3, 0.4) is 0 Å². The second kappa shape index (κ2) is 5.14. The number of aromatic nitrogens is 2. The van der Waals surface area contributed by atoms with E-state index in [1.165, 1.54) is 0 Å². The van der Waals surface area contributed by atoms with Gasteiger partial charge in [-0.05, 0) is 37.5 Å². The first-order valence-corrected chi connectivity index (χ1v) is 6.24. The SMILES string of the molecule is Cc1nsc(NC(C)c2ccccn2)c1C(=O)O. The Morgan fingerprint density at radius 2 is 2.28 bits per heavy atom. The van der Waals surface area contributed by atoms with Crippen LogP contribution < -0.4 is 5.32 Å². The van der Waals surface area contributed by atoms with Crippen molar-refractivity contribution in [3.63, 3.8) is 0 Å². The molecule has 0 fully saturated rings. The van der Waals surface area contributed by atoms with Crippen molar-refractivity contribution in [2.75, 3.05) is 5.32 Å². The average molecular weight is 263 g/mol. The van der Waals surface area contributed by atoms with E-state index in [0.717, 1.165) is 17.2 Å². The standard InChI is InChI=1S/C12H13N3O2S/c1-7(9-5-3-4-6-13-9)14-11-10(12(16)17)8(2)15-18-11/h3-7,14H,1-2H3,(H,16,17). The quantitative estimate of drug-likeness (QED) is 0.887. The molecule has 0 saturated carbocycles. The lowest BCUT2D eigenvalue weighted by atomic mass is 10.2. The molecule has 0 amide bonds. The second-order valence-corrected chi connectivity index (χ2v) is 4.67. The third kappa shape index (κ3) is 2.48. The molecule has 0 bridgehead atoms. The van der Waals surface area contributed by atoms with Gasteiger partial charge in [-0.3, -0.25) is 4.98 Å². The lowest BCUT2D eigenvalue weighted by Crippen LogP contribution is -2.10. The molecule has 0 spiro atoms. The zero-order valence-electron chi connectivity index (χ0n) is 10.0. The summed E-state index contributed by atoms with van der Waals surface area (Å²) < 4.78 is 4.06. The molecule has 2 rings (SSSR count). The summed E-state index contributed by atoms with van der Waals surface area (Å²) in [6.07, 6.45) is 1.71. The van der Waals surface area contributed by atoms with Gasteiger partial charge in [0.05, 0.1) is 17.4 Å². The largest absolute Gasteiger partial charge is 0.478 e. The molecule has 2 N–H and O–H groups in total. The van der Waals surface area contributed by atoms with Gasteiger partial charge in [0.15, 0.2) is 0 Å². The summed E-state index contributed by atoms with van der Waals surface area (Å²) in [5.74, 6) is -0.961. The number of hydrogen-bond acceptors (Lipinski definition) is 5. The first kappa shape index (κ1) is 12.5. The van der Waals surface area contributed by atoms with E-state index >= 15 is 0 Å². The van der Waals surface area contributed by atoms with Gasteiger partial charge in [-0.25, -0.2) is 4.79 Å². The zero-order valence-corrected chi connectivity index (χ0v) is 10.9. The highest BCUT2D eigenvalue weighted by molar-refractivity contribution is 7.10. The Kier molecular flexibility index (Phi) is 3.57. The maximum Gasteiger partial charge on any atom is 0.340 e. The number of hydrogen-bond donors (Lipinski definition) is 2. The van der Waals surface area contributed by atoms with Crippen molar-refractivity contribution >= 4 is 22.5 Å². The Morgan fingerprint density at radius 3 is 2.89 bits per heavy atom. The minimum absolute atomic E-state index is 0.0656. The topological polar surface area (TPSA) is 75.1 Å². The van der Waals surface area contributed by atoms with E-state index in [4.69, 9.17) is 5.11 Å². The summed E-state index contributed by atoms with van der Waals surface area (Å²) in [6.45, 7) is 3.62. The first-order chi connectivity index (χ1) is 8.59. The molecule has 2 aromatic heterocycles. The van der Waals surface area contributed by atoms with E-state index in [0.29, 0.717) is 10.7 Å². The Morgan fingerprint density at radius 1 is 1.50 bits per heavy atom. The van der Waals surface area contributed by atoms with Crippen LogP contribution in [0.4, 0.5) is 5.00 Å². The highest BCUT2D eigenvalue weighted by Gasteiger charge is 2.19. The minimum atomic E-state index is -0.961. The lowest BCUT2D eigenvalue weighted by Gasteiger charge is -2.13. The molecule has 0 aliphatic heterocycles. The van der Waals surface area contributed by atoms with Gasteiger partial charge in [-0.15, -0.1) is 0 Å². The van der Waals surface area contributed by atoms with Gasteiger partial charge >= 0.3 is 5.97 Å². The fourth-order valence-electron chi connectivity index (χ4n) is 1.62. The second-order valence-electron chi connectivity index (χ2n) is 3.90. The van der Waals surface area contributed by atoms with Crippen molar-refractivity contribution in [1.82, 2.24) is 9.36 Å². The van der Waals surface area contributed by atoms with Gasteiger partial charge in [-0.2, -0.15) is 4.37 Å². The smallest absolute Gasteiger partial charge is 0.340 e. The monoisotopic (exact) mass is 263 g/mol. The van der Waals surface area contributed by atoms with Crippen molar-refractivity contribution in [2.45, 2.75) is 19.9 Å². The van der Waals surface area contributed by atoms with Crippen LogP contribution >= 0.6 is 11.5 Å². The summed E-state index contributed by atoms with van der Waals surface area (Å²) in [5, 5.41) is 12.8. The number of nitrogens with zero attached hydrogens (tertiary/aromatic N) is 2. The van der Waals surface area contributed by atoms with Crippen LogP contribution in [0.25, 0.3) is 0 Å². The summed E-state index contributed by atoms with van der Waals surface area (Å²) in [6, 6.07) is 5.57. The van der Waals surface area contributed by atoms with Gasteiger partial charge in [0.25, 0.3) is 0 Å². The maximum absolute atomic E-state index is 11.1. The van der Waals surface area contributed by atoms with E-state index in [1.807, 2.05) is 25.1 Å². The molecule has 94 valence electrons. The normalized spacial score (nSPS) is 12.1. The van der Waals surface area contributed by atoms with Gasteiger partial charge < -0.3 is 10.4 Å². The Labute approximate surface area is 109 Å². The van der Waals surface area contributed by atoms with Crippen LogP contribution in [-0.2, 0) is 0 Å². The van der Waals surface area contributed by atoms with Gasteiger partial charge in [0.2, 0.25) is 0 Å². The number of anilines is 1. The molecule has 0 aliphatic carbocycles. The van der Waals surface area contributed by atoms with E-state index in [-0.39, 0.29) is 11.6 Å². The minimum Gasteiger partial charge on any atom is -0.478 e. The number of aromatic carboxylic acids is 1. The summed E-state index contributed by atoms with van der Waals surface area (Å²) in [5.41, 5.74) is 1.63. The molecule has 6 heteroatoms. The molecule has 2 aromatic rings. The highest BCUT2D eigenvalue weighted by Crippen LogP contribution is 2.27. The Balaban J connectivity index is 2.22. The molecule has 1 unspecified atom stereocenters. The Bertz CT molecular complexity index is 554. The van der Waals surface area contributed by atoms with Crippen molar-refractivity contribution in [2.24, 2.45) is 0 Å². The zero-order chi connectivity index (χ0) is 13.1. The maximum atomic E-state index is 11.1. The van der Waals surface area contributed by atoms with Crippen LogP contribution in [0.2, 0.25) is 0 Å². The number of carboxylic acids is 1. The fraction of sp³-hybridized carbons (Fsp3) is 0.250. The summed E-state index contributed by atoms with van der Waals surface area (Å²) >= 11 is 1.16. The average Bonchev–Trinajstić information content (AvgIpc) is 2.71. The van der Waals surface area contributed by atoms with Crippen molar-refractivity contribution in [3.05, 3.63) is 41.3 Å². The number of carbonyl (C=O) groups is 1. The summed E-state index contributed by atoms with van der Waals surface area (Å²) in [7, 11) is 0. The van der Waals surface area contributed by atoms with E-state index in [9.17, 15) is 4.79 Å². The Hall–Kier alpha value is -1.95. The van der Waals surface area contributed by atoms with Gasteiger partial charge in [0, 0.05) is 6.20 Å². The predicted octanol–water partition coefficient (Wildman–Crippen LogP) is 2.72. The number of aryl methyl sites for hydroxylation is 1. The third-order valence-corrected chi connectivity index (χ3v) is 3.43. The molecule has 0 aliphatic rings. The first-order valence-electron chi connectivity index (χ1n) is 5.46. The fourth-order valence-corrected chi connectivity index (χ4v) is 2.50. The molecule has 2 heterocycles. The number of rotatable bonds is 4. The van der Waals surface area contributed by atoms with Crippen molar-refractivity contribution < 1.29 is 9.90 Å². The molecular formula is C12H13N3O2S. The van der Waals surface area contributed by atoms with Crippen LogP contribution in [0, 0.1) is 6.92 Å². The van der Waals surface area contributed by atoms with E-state index in [1.54, 1.807) is 13.1 Å². The molecule has 1 atom stereocenters. The lowest BCUT2D eigenvalue weighted by molar-refractivity contribution is 0.0697. The molecule has 0 aromatic carbocycles. The van der Waals surface area contributed by atoms with E-state index in [2.05, 4.69) is 14.7 Å². The van der Waals surface area contributed by atoms with Crippen molar-refractivity contribution in [3.8, 4) is 0 Å². The molecule has 5 nitrogen and oxygen atoms in total. The van der Waals surface area contributed by atoms with Crippen LogP contribution in [0.1, 0.15) is 34.7 Å². The van der Waals surface area contributed by atoms with E-state index < -0.39 is 5.97 Å². The number of pyridine rings is 1. The van der Waals surface area contributed by atoms with Crippen molar-refractivity contribution in [1.29, 1.82) is 0 Å². The third-order valence-electron chi connectivity index (χ3n) is 2.56. The molecule has 0 saturated heterocycles. The van der Waals surface area contributed by atoms with Crippen LogP contribution in [0.15, 0.2) is 24.4 Å². The molecular weight excluding hydrogens is 250 g/mol. The number of carboxylic acid groups (broad SMARTS) is 1. The van der Waals surface area contributed by atoms with Gasteiger partial charge in [-0.1, -0.05) is 6.07 Å². The van der Waals surface area contributed by atoms with Crippen LogP contribution in [0.5, 0.6) is 0 Å².